The van der Waals surface area contributed by atoms with Crippen molar-refractivity contribution in [3.8, 4) is 0 Å². The lowest BCUT2D eigenvalue weighted by Crippen LogP contribution is -2.46. The third-order valence-corrected chi connectivity index (χ3v) is 3.37. The van der Waals surface area contributed by atoms with Gasteiger partial charge in [-0.1, -0.05) is 0 Å². The van der Waals surface area contributed by atoms with Crippen molar-refractivity contribution in [1.82, 2.24) is 15.5 Å². The number of piperidine rings is 1. The first-order chi connectivity index (χ1) is 7.65. The molecule has 5 nitrogen and oxygen atoms in total. The van der Waals surface area contributed by atoms with Crippen LogP contribution in [-0.2, 0) is 9.59 Å². The van der Waals surface area contributed by atoms with Crippen LogP contribution in [-0.4, -0.2) is 49.4 Å². The molecule has 2 amide bonds. The van der Waals surface area contributed by atoms with E-state index in [1.165, 1.54) is 0 Å². The van der Waals surface area contributed by atoms with E-state index in [-0.39, 0.29) is 23.8 Å². The molecule has 2 heterocycles. The molecule has 2 saturated heterocycles. The largest absolute Gasteiger partial charge is 0.355 e. The number of nitrogens with zero attached hydrogens (tertiary/aromatic N) is 1. The molecule has 2 N–H and O–H groups in total. The molecule has 2 fully saturated rings. The van der Waals surface area contributed by atoms with Crippen LogP contribution in [0.5, 0.6) is 0 Å². The van der Waals surface area contributed by atoms with Crippen LogP contribution >= 0.6 is 0 Å². The molecular formula is C11H19N3O2. The third-order valence-electron chi connectivity index (χ3n) is 3.37. The number of likely N-dealkylation sites (tertiary alicyclic amines) is 1. The van der Waals surface area contributed by atoms with Crippen molar-refractivity contribution in [3.05, 3.63) is 0 Å². The highest BCUT2D eigenvalue weighted by molar-refractivity contribution is 5.83. The van der Waals surface area contributed by atoms with Crippen molar-refractivity contribution < 1.29 is 9.59 Å². The maximum absolute atomic E-state index is 11.9. The zero-order chi connectivity index (χ0) is 11.5. The van der Waals surface area contributed by atoms with Gasteiger partial charge in [-0.15, -0.1) is 0 Å². The molecule has 0 aliphatic carbocycles. The fourth-order valence-corrected chi connectivity index (χ4v) is 2.33. The van der Waals surface area contributed by atoms with Gasteiger partial charge in [-0.3, -0.25) is 9.59 Å². The molecule has 0 bridgehead atoms. The van der Waals surface area contributed by atoms with Gasteiger partial charge in [0.2, 0.25) is 11.8 Å². The number of nitrogens with one attached hydrogen (secondary N) is 2. The van der Waals surface area contributed by atoms with E-state index in [4.69, 9.17) is 0 Å². The minimum absolute atomic E-state index is 0.0383. The summed E-state index contributed by atoms with van der Waals surface area (Å²) in [5.74, 6) is 0.119. The van der Waals surface area contributed by atoms with E-state index >= 15 is 0 Å². The number of likely N-dealkylation sites (N-methyl/N-ethyl adjacent to an activating group) is 1. The Labute approximate surface area is 95.6 Å². The lowest BCUT2D eigenvalue weighted by molar-refractivity contribution is -0.129. The molecule has 2 aliphatic heterocycles. The Morgan fingerprint density at radius 3 is 2.88 bits per heavy atom. The van der Waals surface area contributed by atoms with Crippen molar-refractivity contribution in [2.45, 2.75) is 25.3 Å². The SMILES string of the molecule is CN1CCC(NC(=O)C2CCC(=O)NC2)C1. The molecule has 2 atom stereocenters. The zero-order valence-corrected chi connectivity index (χ0v) is 9.66. The number of carbonyl (C=O) groups is 2. The van der Waals surface area contributed by atoms with Gasteiger partial charge >= 0.3 is 0 Å². The molecule has 0 aromatic carbocycles. The lowest BCUT2D eigenvalue weighted by Gasteiger charge is -2.23. The van der Waals surface area contributed by atoms with Gasteiger partial charge in [0.25, 0.3) is 0 Å². The van der Waals surface area contributed by atoms with E-state index in [1.54, 1.807) is 0 Å². The topological polar surface area (TPSA) is 61.4 Å². The monoisotopic (exact) mass is 225 g/mol. The summed E-state index contributed by atoms with van der Waals surface area (Å²) in [5, 5.41) is 5.80. The van der Waals surface area contributed by atoms with Crippen LogP contribution in [0.25, 0.3) is 0 Å². The molecule has 5 heteroatoms. The van der Waals surface area contributed by atoms with E-state index in [2.05, 4.69) is 22.6 Å². The highest BCUT2D eigenvalue weighted by Crippen LogP contribution is 2.13. The second-order valence-electron chi connectivity index (χ2n) is 4.80. The summed E-state index contributed by atoms with van der Waals surface area (Å²) < 4.78 is 0. The van der Waals surface area contributed by atoms with Gasteiger partial charge in [0, 0.05) is 25.6 Å². The Kier molecular flexibility index (Phi) is 3.43. The normalized spacial score (nSPS) is 31.2. The van der Waals surface area contributed by atoms with Crippen LogP contribution in [0.15, 0.2) is 0 Å². The van der Waals surface area contributed by atoms with Gasteiger partial charge in [0.05, 0.1) is 5.92 Å². The highest BCUT2D eigenvalue weighted by Gasteiger charge is 2.27. The Bertz CT molecular complexity index is 283. The summed E-state index contributed by atoms with van der Waals surface area (Å²) in [4.78, 5) is 25.1. The smallest absolute Gasteiger partial charge is 0.225 e. The summed E-state index contributed by atoms with van der Waals surface area (Å²) in [5.41, 5.74) is 0. The molecule has 0 saturated carbocycles. The van der Waals surface area contributed by atoms with E-state index in [0.29, 0.717) is 19.4 Å². The first-order valence-corrected chi connectivity index (χ1v) is 5.91. The standard InChI is InChI=1S/C11H19N3O2/c1-14-5-4-9(7-14)13-11(16)8-2-3-10(15)12-6-8/h8-9H,2-7H2,1H3,(H,12,15)(H,13,16). The molecule has 0 aromatic rings. The fraction of sp³-hybridized carbons (Fsp3) is 0.818. The third kappa shape index (κ3) is 2.72. The predicted molar refractivity (Wildman–Crippen MR) is 59.8 cm³/mol. The van der Waals surface area contributed by atoms with Gasteiger partial charge in [-0.2, -0.15) is 0 Å². The summed E-state index contributed by atoms with van der Waals surface area (Å²) in [6.07, 6.45) is 2.18. The second kappa shape index (κ2) is 4.82. The minimum Gasteiger partial charge on any atom is -0.355 e. The molecule has 2 aliphatic rings. The van der Waals surface area contributed by atoms with Gasteiger partial charge in [-0.25, -0.2) is 0 Å². The van der Waals surface area contributed by atoms with Gasteiger partial charge < -0.3 is 15.5 Å². The maximum Gasteiger partial charge on any atom is 0.225 e. The quantitative estimate of drug-likeness (QED) is 0.655. The summed E-state index contributed by atoms with van der Waals surface area (Å²) >= 11 is 0. The van der Waals surface area contributed by atoms with Crippen LogP contribution in [0.1, 0.15) is 19.3 Å². The average molecular weight is 225 g/mol. The minimum atomic E-state index is -0.0383. The molecule has 0 aromatic heterocycles. The molecule has 2 rings (SSSR count). The molecule has 2 unspecified atom stereocenters. The van der Waals surface area contributed by atoms with Crippen molar-refractivity contribution in [2.24, 2.45) is 5.92 Å². The van der Waals surface area contributed by atoms with E-state index in [9.17, 15) is 9.59 Å². The van der Waals surface area contributed by atoms with E-state index < -0.39 is 0 Å². The number of hydrogen-bond donors (Lipinski definition) is 2. The van der Waals surface area contributed by atoms with Crippen molar-refractivity contribution >= 4 is 11.8 Å². The van der Waals surface area contributed by atoms with E-state index in [1.807, 2.05) is 0 Å². The highest BCUT2D eigenvalue weighted by atomic mass is 16.2. The summed E-state index contributed by atoms with van der Waals surface area (Å²) in [6, 6.07) is 0.287. The first kappa shape index (κ1) is 11.4. The predicted octanol–water partition coefficient (Wildman–Crippen LogP) is -0.667. The van der Waals surface area contributed by atoms with Crippen LogP contribution in [0.4, 0.5) is 0 Å². The Balaban J connectivity index is 1.77. The number of hydrogen-bond acceptors (Lipinski definition) is 3. The molecule has 0 spiro atoms. The summed E-state index contributed by atoms with van der Waals surface area (Å²) in [6.45, 7) is 2.48. The Hall–Kier alpha value is -1.10. The lowest BCUT2D eigenvalue weighted by atomic mass is 9.98. The van der Waals surface area contributed by atoms with Crippen LogP contribution < -0.4 is 10.6 Å². The Morgan fingerprint density at radius 2 is 2.31 bits per heavy atom. The van der Waals surface area contributed by atoms with Crippen molar-refractivity contribution in [3.63, 3.8) is 0 Å². The van der Waals surface area contributed by atoms with Gasteiger partial charge in [0.1, 0.15) is 0 Å². The first-order valence-electron chi connectivity index (χ1n) is 5.91. The average Bonchev–Trinajstić information content (AvgIpc) is 2.65. The van der Waals surface area contributed by atoms with Crippen molar-refractivity contribution in [2.75, 3.05) is 26.7 Å². The van der Waals surface area contributed by atoms with Gasteiger partial charge in [0.15, 0.2) is 0 Å². The van der Waals surface area contributed by atoms with E-state index in [0.717, 1.165) is 19.5 Å². The molecule has 0 radical (unpaired) electrons. The van der Waals surface area contributed by atoms with Gasteiger partial charge in [-0.05, 0) is 26.4 Å². The molecular weight excluding hydrogens is 206 g/mol. The molecule has 90 valence electrons. The van der Waals surface area contributed by atoms with Crippen LogP contribution in [0.2, 0.25) is 0 Å². The second-order valence-corrected chi connectivity index (χ2v) is 4.80. The maximum atomic E-state index is 11.9. The molecule has 16 heavy (non-hydrogen) atoms. The number of carbonyl (C=O) groups excluding carboxylic acids is 2. The zero-order valence-electron chi connectivity index (χ0n) is 9.66. The Morgan fingerprint density at radius 1 is 1.50 bits per heavy atom. The number of rotatable bonds is 2. The fourth-order valence-electron chi connectivity index (χ4n) is 2.33. The van der Waals surface area contributed by atoms with Crippen LogP contribution in [0, 0.1) is 5.92 Å². The van der Waals surface area contributed by atoms with Crippen molar-refractivity contribution in [1.29, 1.82) is 0 Å². The van der Waals surface area contributed by atoms with Crippen LogP contribution in [0.3, 0.4) is 0 Å². The summed E-state index contributed by atoms with van der Waals surface area (Å²) in [7, 11) is 2.06. The number of amides is 2.